The maximum Gasteiger partial charge on any atom is 0.345 e. The van der Waals surface area contributed by atoms with Gasteiger partial charge in [0, 0.05) is 6.08 Å². The summed E-state index contributed by atoms with van der Waals surface area (Å²) in [6.45, 7) is 0. The molecule has 0 heterocycles. The summed E-state index contributed by atoms with van der Waals surface area (Å²) in [5, 5.41) is 0. The first-order chi connectivity index (χ1) is 6.97. The Morgan fingerprint density at radius 1 is 1.25 bits per heavy atom. The van der Waals surface area contributed by atoms with E-state index in [4.69, 9.17) is 0 Å². The van der Waals surface area contributed by atoms with Crippen molar-refractivity contribution in [3.8, 4) is 0 Å². The summed E-state index contributed by atoms with van der Waals surface area (Å²) in [4.78, 5) is 10.7. The Balaban J connectivity index is 0.00000225. The zero-order chi connectivity index (χ0) is 11.3. The zero-order valence-corrected chi connectivity index (χ0v) is 9.31. The predicted octanol–water partition coefficient (Wildman–Crippen LogP) is 1.08. The summed E-state index contributed by atoms with van der Waals surface area (Å²) < 4.78 is 33.6. The van der Waals surface area contributed by atoms with Crippen molar-refractivity contribution >= 4 is 22.4 Å². The third-order valence-electron chi connectivity index (χ3n) is 1.40. The van der Waals surface area contributed by atoms with Crippen LogP contribution in [0.1, 0.15) is 5.56 Å². The fourth-order valence-electron chi connectivity index (χ4n) is 0.857. The van der Waals surface area contributed by atoms with Gasteiger partial charge in [-0.15, -0.1) is 0 Å². The Morgan fingerprint density at radius 2 is 1.81 bits per heavy atom. The fourth-order valence-corrected chi connectivity index (χ4v) is 1.11. The number of carbonyl (C=O) groups excluding carboxylic acids is 1. The second-order valence-electron chi connectivity index (χ2n) is 2.55. The van der Waals surface area contributed by atoms with Gasteiger partial charge in [0.25, 0.3) is 10.4 Å². The van der Waals surface area contributed by atoms with E-state index in [2.05, 4.69) is 4.18 Å². The summed E-state index contributed by atoms with van der Waals surface area (Å²) in [6, 6.07) is 8.69. The summed E-state index contributed by atoms with van der Waals surface area (Å²) in [6.07, 6.45) is 2.21. The number of benzene rings is 1. The van der Waals surface area contributed by atoms with Crippen molar-refractivity contribution in [3.63, 3.8) is 0 Å². The molecule has 6 nitrogen and oxygen atoms in total. The largest absolute Gasteiger partial charge is 0.716 e. The highest BCUT2D eigenvalue weighted by molar-refractivity contribution is 7.81. The molecule has 0 aliphatic carbocycles. The molecule has 16 heavy (non-hydrogen) atoms. The van der Waals surface area contributed by atoms with Gasteiger partial charge in [0.05, 0.1) is 0 Å². The van der Waals surface area contributed by atoms with Crippen LogP contribution in [0.4, 0.5) is 0 Å². The molecule has 0 aliphatic rings. The first-order valence-corrected chi connectivity index (χ1v) is 5.23. The van der Waals surface area contributed by atoms with Gasteiger partial charge in [0.1, 0.15) is 0 Å². The van der Waals surface area contributed by atoms with Crippen molar-refractivity contribution in [2.75, 3.05) is 0 Å². The normalized spacial score (nSPS) is 10.8. The molecule has 0 radical (unpaired) electrons. The standard InChI is InChI=1S/C9H8O5S.H3N/c10-9(14-15(11,12)13)7-6-8-4-2-1-3-5-8;/h1-7H,(H,11,12,13);1H3. The number of quaternary nitrogens is 1. The van der Waals surface area contributed by atoms with E-state index < -0.39 is 16.4 Å². The summed E-state index contributed by atoms with van der Waals surface area (Å²) in [5.41, 5.74) is 0.692. The van der Waals surface area contributed by atoms with Crippen LogP contribution in [0.5, 0.6) is 0 Å². The molecule has 7 heteroatoms. The summed E-state index contributed by atoms with van der Waals surface area (Å²) in [5.74, 6) is -1.21. The third kappa shape index (κ3) is 5.91. The second-order valence-corrected chi connectivity index (χ2v) is 3.54. The molecule has 0 amide bonds. The Labute approximate surface area is 93.1 Å². The molecule has 0 atom stereocenters. The van der Waals surface area contributed by atoms with Gasteiger partial charge in [-0.1, -0.05) is 30.3 Å². The molecular weight excluding hydrogens is 234 g/mol. The minimum Gasteiger partial charge on any atom is -0.716 e. The predicted molar refractivity (Wildman–Crippen MR) is 57.3 cm³/mol. The maximum atomic E-state index is 10.7. The number of rotatable bonds is 3. The Hall–Kier alpha value is -1.70. The molecule has 88 valence electrons. The average molecular weight is 245 g/mol. The quantitative estimate of drug-likeness (QED) is 0.485. The Kier molecular flexibility index (Phi) is 5.37. The van der Waals surface area contributed by atoms with Crippen molar-refractivity contribution in [1.82, 2.24) is 6.15 Å². The van der Waals surface area contributed by atoms with Crippen LogP contribution < -0.4 is 6.15 Å². The van der Waals surface area contributed by atoms with E-state index in [-0.39, 0.29) is 6.15 Å². The smallest absolute Gasteiger partial charge is 0.345 e. The van der Waals surface area contributed by atoms with E-state index in [1.165, 1.54) is 6.08 Å². The van der Waals surface area contributed by atoms with E-state index in [1.807, 2.05) is 0 Å². The molecule has 0 saturated heterocycles. The van der Waals surface area contributed by atoms with E-state index in [0.29, 0.717) is 5.56 Å². The van der Waals surface area contributed by atoms with Crippen molar-refractivity contribution in [2.45, 2.75) is 0 Å². The number of carbonyl (C=O) groups is 1. The molecule has 0 fully saturated rings. The average Bonchev–Trinajstić information content (AvgIpc) is 2.14. The highest BCUT2D eigenvalue weighted by Crippen LogP contribution is 2.01. The van der Waals surface area contributed by atoms with Crippen LogP contribution in [0.15, 0.2) is 36.4 Å². The van der Waals surface area contributed by atoms with Crippen molar-refractivity contribution in [1.29, 1.82) is 0 Å². The third-order valence-corrected chi connectivity index (χ3v) is 1.76. The fraction of sp³-hybridized carbons (Fsp3) is 0. The van der Waals surface area contributed by atoms with Gasteiger partial charge >= 0.3 is 5.97 Å². The van der Waals surface area contributed by atoms with Gasteiger partial charge in [0.2, 0.25) is 0 Å². The summed E-state index contributed by atoms with van der Waals surface area (Å²) >= 11 is 0. The maximum absolute atomic E-state index is 10.7. The molecule has 0 spiro atoms. The monoisotopic (exact) mass is 245 g/mol. The Bertz CT molecular complexity index is 466. The molecule has 0 aliphatic heterocycles. The van der Waals surface area contributed by atoms with E-state index >= 15 is 0 Å². The molecular formula is C9H11NO5S. The van der Waals surface area contributed by atoms with Gasteiger partial charge in [-0.25, -0.2) is 13.2 Å². The van der Waals surface area contributed by atoms with Gasteiger partial charge in [-0.3, -0.25) is 0 Å². The molecule has 1 aromatic rings. The SMILES string of the molecule is O=C(C=Cc1ccccc1)OS(=O)(=O)[O-].[NH4+]. The molecule has 4 N–H and O–H groups in total. The van der Waals surface area contributed by atoms with Gasteiger partial charge < -0.3 is 14.9 Å². The topological polar surface area (TPSA) is 120 Å². The first kappa shape index (κ1) is 14.3. The number of hydrogen-bond acceptors (Lipinski definition) is 5. The highest BCUT2D eigenvalue weighted by atomic mass is 32.3. The van der Waals surface area contributed by atoms with E-state index in [1.54, 1.807) is 30.3 Å². The lowest BCUT2D eigenvalue weighted by Gasteiger charge is -2.03. The summed E-state index contributed by atoms with van der Waals surface area (Å²) in [7, 11) is -4.98. The van der Waals surface area contributed by atoms with Crippen LogP contribution in [-0.2, 0) is 19.4 Å². The van der Waals surface area contributed by atoms with Gasteiger partial charge in [-0.05, 0) is 11.6 Å². The Morgan fingerprint density at radius 3 is 2.31 bits per heavy atom. The first-order valence-electron chi connectivity index (χ1n) is 3.90. The van der Waals surface area contributed by atoms with Crippen LogP contribution >= 0.6 is 0 Å². The van der Waals surface area contributed by atoms with Crippen molar-refractivity contribution < 1.29 is 21.9 Å². The van der Waals surface area contributed by atoms with Gasteiger partial charge in [0.15, 0.2) is 0 Å². The van der Waals surface area contributed by atoms with Gasteiger partial charge in [-0.2, -0.15) is 0 Å². The molecule has 0 aromatic heterocycles. The zero-order valence-electron chi connectivity index (χ0n) is 8.49. The van der Waals surface area contributed by atoms with Crippen molar-refractivity contribution in [2.24, 2.45) is 0 Å². The molecule has 1 rings (SSSR count). The molecule has 1 aromatic carbocycles. The molecule has 0 unspecified atom stereocenters. The van der Waals surface area contributed by atoms with E-state index in [0.717, 1.165) is 6.08 Å². The second kappa shape index (κ2) is 6.01. The van der Waals surface area contributed by atoms with Crippen LogP contribution in [-0.4, -0.2) is 18.9 Å². The lowest BCUT2D eigenvalue weighted by molar-refractivity contribution is -0.128. The molecule has 0 bridgehead atoms. The minimum atomic E-state index is -4.98. The minimum absolute atomic E-state index is 0. The number of hydrogen-bond donors (Lipinski definition) is 1. The van der Waals surface area contributed by atoms with Crippen LogP contribution in [0, 0.1) is 0 Å². The van der Waals surface area contributed by atoms with Crippen LogP contribution in [0.2, 0.25) is 0 Å². The van der Waals surface area contributed by atoms with Crippen LogP contribution in [0.25, 0.3) is 6.08 Å². The lowest BCUT2D eigenvalue weighted by atomic mass is 10.2. The van der Waals surface area contributed by atoms with E-state index in [9.17, 15) is 17.8 Å². The molecule has 0 saturated carbocycles. The van der Waals surface area contributed by atoms with Crippen LogP contribution in [0.3, 0.4) is 0 Å². The highest BCUT2D eigenvalue weighted by Gasteiger charge is 2.01. The van der Waals surface area contributed by atoms with Crippen molar-refractivity contribution in [3.05, 3.63) is 42.0 Å². The lowest BCUT2D eigenvalue weighted by Crippen LogP contribution is -2.09.